The van der Waals surface area contributed by atoms with E-state index >= 15 is 0 Å². The van der Waals surface area contributed by atoms with Crippen molar-refractivity contribution in [3.63, 3.8) is 0 Å². The molecule has 0 aliphatic carbocycles. The Hall–Kier alpha value is -3.33. The molecule has 0 atom stereocenters. The van der Waals surface area contributed by atoms with Crippen molar-refractivity contribution in [3.05, 3.63) is 99.3 Å². The smallest absolute Gasteiger partial charge is 0.259 e. The van der Waals surface area contributed by atoms with E-state index in [1.165, 1.54) is 11.1 Å². The molecule has 0 spiro atoms. The molecule has 0 bridgehead atoms. The summed E-state index contributed by atoms with van der Waals surface area (Å²) >= 11 is 0. The number of fused-ring (bicyclic) bond motifs is 1. The van der Waals surface area contributed by atoms with Gasteiger partial charge in [0.25, 0.3) is 5.56 Å². The van der Waals surface area contributed by atoms with Crippen molar-refractivity contribution in [3.8, 4) is 17.0 Å². The molecule has 0 saturated carbocycles. The van der Waals surface area contributed by atoms with Gasteiger partial charge < -0.3 is 9.67 Å². The molecule has 0 aliphatic heterocycles. The number of phenols is 1. The van der Waals surface area contributed by atoms with Crippen molar-refractivity contribution in [2.24, 2.45) is 0 Å². The SMILES string of the molecule is Cc1ccc(Cn2c(-c3ccc(O)c(C)c3)cc3ccccc3c2=O)c(C)c1. The molecule has 4 aromatic rings. The van der Waals surface area contributed by atoms with Gasteiger partial charge in [0.05, 0.1) is 12.2 Å². The summed E-state index contributed by atoms with van der Waals surface area (Å²) in [5.41, 5.74) is 6.07. The Labute approximate surface area is 164 Å². The van der Waals surface area contributed by atoms with Gasteiger partial charge >= 0.3 is 0 Å². The fourth-order valence-corrected chi connectivity index (χ4v) is 3.70. The highest BCUT2D eigenvalue weighted by atomic mass is 16.3. The lowest BCUT2D eigenvalue weighted by Crippen LogP contribution is -2.23. The summed E-state index contributed by atoms with van der Waals surface area (Å²) in [6, 6.07) is 21.6. The van der Waals surface area contributed by atoms with Gasteiger partial charge in [-0.1, -0.05) is 42.0 Å². The first-order valence-corrected chi connectivity index (χ1v) is 9.43. The minimum atomic E-state index is -0.00111. The summed E-state index contributed by atoms with van der Waals surface area (Å²) in [5, 5.41) is 11.6. The first kappa shape index (κ1) is 18.1. The average Bonchev–Trinajstić information content (AvgIpc) is 2.68. The van der Waals surface area contributed by atoms with Gasteiger partial charge in [-0.05, 0) is 78.7 Å². The number of aryl methyl sites for hydroxylation is 3. The van der Waals surface area contributed by atoms with Crippen LogP contribution in [0.15, 0.2) is 71.5 Å². The number of rotatable bonds is 3. The molecule has 1 heterocycles. The van der Waals surface area contributed by atoms with Gasteiger partial charge in [0, 0.05) is 5.39 Å². The van der Waals surface area contributed by atoms with Gasteiger partial charge in [-0.15, -0.1) is 0 Å². The summed E-state index contributed by atoms with van der Waals surface area (Å²) < 4.78 is 1.84. The van der Waals surface area contributed by atoms with E-state index in [9.17, 15) is 9.90 Å². The zero-order valence-electron chi connectivity index (χ0n) is 16.4. The minimum Gasteiger partial charge on any atom is -0.508 e. The third-order valence-electron chi connectivity index (χ3n) is 5.34. The van der Waals surface area contributed by atoms with E-state index in [0.717, 1.165) is 27.8 Å². The number of aromatic nitrogens is 1. The molecular formula is C25H23NO2. The summed E-state index contributed by atoms with van der Waals surface area (Å²) in [7, 11) is 0. The number of aromatic hydroxyl groups is 1. The van der Waals surface area contributed by atoms with Gasteiger partial charge in [0.1, 0.15) is 5.75 Å². The molecule has 0 unspecified atom stereocenters. The van der Waals surface area contributed by atoms with E-state index in [1.807, 2.05) is 47.9 Å². The minimum absolute atomic E-state index is 0.00111. The van der Waals surface area contributed by atoms with Gasteiger partial charge in [0.15, 0.2) is 0 Å². The Balaban J connectivity index is 1.98. The van der Waals surface area contributed by atoms with Crippen molar-refractivity contribution >= 4 is 10.8 Å². The molecule has 3 heteroatoms. The Kier molecular flexibility index (Phi) is 4.52. The quantitative estimate of drug-likeness (QED) is 0.529. The Bertz CT molecular complexity index is 1250. The van der Waals surface area contributed by atoms with Gasteiger partial charge in [-0.25, -0.2) is 0 Å². The first-order valence-electron chi connectivity index (χ1n) is 9.43. The van der Waals surface area contributed by atoms with E-state index in [1.54, 1.807) is 6.07 Å². The maximum Gasteiger partial charge on any atom is 0.259 e. The standard InChI is InChI=1S/C25H23NO2/c1-16-8-9-21(17(2)12-16)15-26-23(20-10-11-24(27)18(3)13-20)14-19-6-4-5-7-22(19)25(26)28/h4-14,27H,15H2,1-3H3. The summed E-state index contributed by atoms with van der Waals surface area (Å²) in [4.78, 5) is 13.4. The predicted octanol–water partition coefficient (Wildman–Crippen LogP) is 5.35. The molecule has 0 saturated heterocycles. The van der Waals surface area contributed by atoms with Gasteiger partial charge in [0.2, 0.25) is 0 Å². The van der Waals surface area contributed by atoms with Crippen LogP contribution < -0.4 is 5.56 Å². The molecule has 3 nitrogen and oxygen atoms in total. The van der Waals surface area contributed by atoms with E-state index < -0.39 is 0 Å². The average molecular weight is 369 g/mol. The fourth-order valence-electron chi connectivity index (χ4n) is 3.70. The third-order valence-corrected chi connectivity index (χ3v) is 5.34. The molecule has 0 radical (unpaired) electrons. The van der Waals surface area contributed by atoms with E-state index in [4.69, 9.17) is 0 Å². The lowest BCUT2D eigenvalue weighted by Gasteiger charge is -2.17. The van der Waals surface area contributed by atoms with Crippen LogP contribution in [0, 0.1) is 20.8 Å². The molecule has 140 valence electrons. The number of nitrogens with zero attached hydrogens (tertiary/aromatic N) is 1. The number of phenolic OH excluding ortho intramolecular Hbond substituents is 1. The summed E-state index contributed by atoms with van der Waals surface area (Å²) in [6.07, 6.45) is 0. The van der Waals surface area contributed by atoms with Gasteiger partial charge in [-0.3, -0.25) is 4.79 Å². The maximum absolute atomic E-state index is 13.4. The van der Waals surface area contributed by atoms with Crippen LogP contribution in [-0.4, -0.2) is 9.67 Å². The highest BCUT2D eigenvalue weighted by molar-refractivity contribution is 5.85. The number of pyridine rings is 1. The number of benzene rings is 3. The molecule has 1 aromatic heterocycles. The fraction of sp³-hybridized carbons (Fsp3) is 0.160. The van der Waals surface area contributed by atoms with Crippen LogP contribution in [0.2, 0.25) is 0 Å². The molecule has 0 amide bonds. The number of hydrogen-bond acceptors (Lipinski definition) is 2. The largest absolute Gasteiger partial charge is 0.508 e. The van der Waals surface area contributed by atoms with Crippen molar-refractivity contribution in [2.45, 2.75) is 27.3 Å². The molecule has 4 rings (SSSR count). The zero-order chi connectivity index (χ0) is 19.8. The monoisotopic (exact) mass is 369 g/mol. The normalized spacial score (nSPS) is 11.1. The Morgan fingerprint density at radius 3 is 2.39 bits per heavy atom. The van der Waals surface area contributed by atoms with Crippen LogP contribution in [-0.2, 0) is 6.54 Å². The molecule has 28 heavy (non-hydrogen) atoms. The van der Waals surface area contributed by atoms with Crippen molar-refractivity contribution in [1.29, 1.82) is 0 Å². The Morgan fingerprint density at radius 2 is 1.64 bits per heavy atom. The van der Waals surface area contributed by atoms with E-state index in [2.05, 4.69) is 38.1 Å². The second-order valence-electron chi connectivity index (χ2n) is 7.44. The molecule has 0 aliphatic rings. The topological polar surface area (TPSA) is 42.2 Å². The predicted molar refractivity (Wildman–Crippen MR) is 115 cm³/mol. The van der Waals surface area contributed by atoms with Crippen LogP contribution in [0.1, 0.15) is 22.3 Å². The first-order chi connectivity index (χ1) is 13.4. The number of hydrogen-bond donors (Lipinski definition) is 1. The summed E-state index contributed by atoms with van der Waals surface area (Å²) in [5.74, 6) is 0.257. The van der Waals surface area contributed by atoms with Crippen molar-refractivity contribution < 1.29 is 5.11 Å². The van der Waals surface area contributed by atoms with Crippen LogP contribution in [0.5, 0.6) is 5.75 Å². The summed E-state index contributed by atoms with van der Waals surface area (Å²) in [6.45, 7) is 6.53. The van der Waals surface area contributed by atoms with Crippen molar-refractivity contribution in [2.75, 3.05) is 0 Å². The van der Waals surface area contributed by atoms with E-state index in [0.29, 0.717) is 11.9 Å². The molecule has 0 fully saturated rings. The van der Waals surface area contributed by atoms with Gasteiger partial charge in [-0.2, -0.15) is 0 Å². The third kappa shape index (κ3) is 3.20. The van der Waals surface area contributed by atoms with Crippen LogP contribution in [0.4, 0.5) is 0 Å². The lowest BCUT2D eigenvalue weighted by atomic mass is 10.0. The van der Waals surface area contributed by atoms with Crippen LogP contribution in [0.3, 0.4) is 0 Å². The highest BCUT2D eigenvalue weighted by Crippen LogP contribution is 2.27. The van der Waals surface area contributed by atoms with Crippen LogP contribution >= 0.6 is 0 Å². The highest BCUT2D eigenvalue weighted by Gasteiger charge is 2.13. The molecule has 3 aromatic carbocycles. The van der Waals surface area contributed by atoms with Crippen molar-refractivity contribution in [1.82, 2.24) is 4.57 Å². The molecular weight excluding hydrogens is 346 g/mol. The lowest BCUT2D eigenvalue weighted by molar-refractivity contribution is 0.471. The molecule has 1 N–H and O–H groups in total. The maximum atomic E-state index is 13.4. The second kappa shape index (κ2) is 7.01. The zero-order valence-corrected chi connectivity index (χ0v) is 16.4. The second-order valence-corrected chi connectivity index (χ2v) is 7.44. The van der Waals surface area contributed by atoms with Crippen LogP contribution in [0.25, 0.3) is 22.0 Å². The van der Waals surface area contributed by atoms with E-state index in [-0.39, 0.29) is 11.3 Å². The Morgan fingerprint density at radius 1 is 0.857 bits per heavy atom.